The molecule has 1 fully saturated rings. The van der Waals surface area contributed by atoms with Crippen LogP contribution in [0.15, 0.2) is 42.9 Å². The molecule has 0 spiro atoms. The molecule has 0 bridgehead atoms. The summed E-state index contributed by atoms with van der Waals surface area (Å²) >= 11 is 0. The van der Waals surface area contributed by atoms with Crippen LogP contribution in [-0.4, -0.2) is 51.0 Å². The van der Waals surface area contributed by atoms with E-state index in [-0.39, 0.29) is 11.3 Å². The van der Waals surface area contributed by atoms with Gasteiger partial charge in [0.2, 0.25) is 5.91 Å². The minimum Gasteiger partial charge on any atom is -0.366 e. The Kier molecular flexibility index (Phi) is 5.44. The van der Waals surface area contributed by atoms with Crippen LogP contribution in [0.4, 0.5) is 5.82 Å². The first-order valence-corrected chi connectivity index (χ1v) is 9.95. The predicted octanol–water partition coefficient (Wildman–Crippen LogP) is 2.08. The molecule has 1 aliphatic rings. The number of hydrogen-bond acceptors (Lipinski definition) is 6. The summed E-state index contributed by atoms with van der Waals surface area (Å²) in [7, 11) is 4.10. The Morgan fingerprint density at radius 2 is 1.97 bits per heavy atom. The lowest BCUT2D eigenvalue weighted by molar-refractivity contribution is -0.126. The van der Waals surface area contributed by atoms with Gasteiger partial charge >= 0.3 is 0 Å². The molecule has 2 heterocycles. The van der Waals surface area contributed by atoms with E-state index in [9.17, 15) is 4.79 Å². The Hall–Kier alpha value is -3.00. The molecule has 0 unspecified atom stereocenters. The van der Waals surface area contributed by atoms with Crippen molar-refractivity contribution in [2.24, 2.45) is 5.41 Å². The van der Waals surface area contributed by atoms with Gasteiger partial charge in [-0.25, -0.2) is 4.98 Å². The Balaban J connectivity index is 1.33. The van der Waals surface area contributed by atoms with Gasteiger partial charge < -0.3 is 15.5 Å². The maximum Gasteiger partial charge on any atom is 0.254 e. The summed E-state index contributed by atoms with van der Waals surface area (Å²) in [4.78, 5) is 23.0. The fraction of sp³-hybridized carbons (Fsp3) is 0.429. The van der Waals surface area contributed by atoms with Gasteiger partial charge in [-0.3, -0.25) is 4.79 Å². The van der Waals surface area contributed by atoms with Gasteiger partial charge in [-0.1, -0.05) is 24.3 Å². The zero-order valence-corrected chi connectivity index (χ0v) is 16.9. The number of benzene rings is 1. The molecule has 1 aromatic carbocycles. The van der Waals surface area contributed by atoms with Crippen LogP contribution < -0.4 is 10.6 Å². The van der Waals surface area contributed by atoms with Crippen LogP contribution in [0.25, 0.3) is 5.78 Å². The first kappa shape index (κ1) is 19.3. The molecule has 1 aliphatic carbocycles. The summed E-state index contributed by atoms with van der Waals surface area (Å²) in [5.74, 6) is 1.59. The van der Waals surface area contributed by atoms with Gasteiger partial charge in [0.25, 0.3) is 5.78 Å². The number of amides is 1. The van der Waals surface area contributed by atoms with Crippen molar-refractivity contribution in [1.82, 2.24) is 29.8 Å². The second kappa shape index (κ2) is 8.16. The molecular formula is C21H27N7O. The molecule has 4 rings (SSSR count). The monoisotopic (exact) mass is 393 g/mol. The highest BCUT2D eigenvalue weighted by Gasteiger charge is 2.48. The van der Waals surface area contributed by atoms with Gasteiger partial charge in [0, 0.05) is 19.3 Å². The van der Waals surface area contributed by atoms with E-state index in [1.54, 1.807) is 10.7 Å². The molecule has 8 heteroatoms. The molecule has 0 atom stereocenters. The Bertz CT molecular complexity index is 993. The predicted molar refractivity (Wildman–Crippen MR) is 111 cm³/mol. The van der Waals surface area contributed by atoms with E-state index in [0.717, 1.165) is 42.8 Å². The lowest BCUT2D eigenvalue weighted by Crippen LogP contribution is -2.33. The normalized spacial score (nSPS) is 14.9. The number of rotatable bonds is 9. The van der Waals surface area contributed by atoms with Crippen molar-refractivity contribution in [2.45, 2.75) is 32.4 Å². The Morgan fingerprint density at radius 3 is 2.72 bits per heavy atom. The highest BCUT2D eigenvalue weighted by molar-refractivity contribution is 5.85. The summed E-state index contributed by atoms with van der Waals surface area (Å²) in [5, 5.41) is 10.7. The highest BCUT2D eigenvalue weighted by atomic mass is 16.2. The fourth-order valence-corrected chi connectivity index (χ4v) is 3.46. The van der Waals surface area contributed by atoms with E-state index >= 15 is 0 Å². The largest absolute Gasteiger partial charge is 0.366 e. The highest BCUT2D eigenvalue weighted by Crippen LogP contribution is 2.49. The van der Waals surface area contributed by atoms with Crippen molar-refractivity contribution < 1.29 is 4.79 Å². The summed E-state index contributed by atoms with van der Waals surface area (Å²) in [6.45, 7) is 2.15. The number of fused-ring (bicyclic) bond motifs is 1. The average Bonchev–Trinajstić information content (AvgIpc) is 3.37. The number of aromatic nitrogens is 4. The number of anilines is 1. The minimum absolute atomic E-state index is 0.145. The third kappa shape index (κ3) is 4.54. The maximum atomic E-state index is 12.6. The molecule has 29 heavy (non-hydrogen) atoms. The van der Waals surface area contributed by atoms with Crippen molar-refractivity contribution in [3.63, 3.8) is 0 Å². The maximum absolute atomic E-state index is 12.6. The molecular weight excluding hydrogens is 366 g/mol. The molecule has 0 saturated heterocycles. The van der Waals surface area contributed by atoms with Gasteiger partial charge in [0.1, 0.15) is 12.1 Å². The zero-order chi connectivity index (χ0) is 20.3. The topological polar surface area (TPSA) is 87.5 Å². The van der Waals surface area contributed by atoms with Gasteiger partial charge in [0.15, 0.2) is 0 Å². The minimum atomic E-state index is -0.145. The van der Waals surface area contributed by atoms with Crippen LogP contribution in [0, 0.1) is 5.41 Å². The quantitative estimate of drug-likeness (QED) is 0.579. The van der Waals surface area contributed by atoms with Crippen LogP contribution in [0.1, 0.15) is 30.4 Å². The molecule has 3 aromatic rings. The summed E-state index contributed by atoms with van der Waals surface area (Å²) < 4.78 is 1.67. The fourth-order valence-electron chi connectivity index (χ4n) is 3.46. The second-order valence-electron chi connectivity index (χ2n) is 7.99. The van der Waals surface area contributed by atoms with Gasteiger partial charge in [-0.2, -0.15) is 14.6 Å². The van der Waals surface area contributed by atoms with E-state index in [2.05, 4.69) is 42.7 Å². The molecule has 152 valence electrons. The van der Waals surface area contributed by atoms with Crippen molar-refractivity contribution in [2.75, 3.05) is 26.0 Å². The number of nitrogens with zero attached hydrogens (tertiary/aromatic N) is 5. The van der Waals surface area contributed by atoms with Crippen LogP contribution in [0.5, 0.6) is 0 Å². The Labute approximate surface area is 170 Å². The van der Waals surface area contributed by atoms with Crippen LogP contribution >= 0.6 is 0 Å². The summed E-state index contributed by atoms with van der Waals surface area (Å²) in [6.07, 6.45) is 6.13. The van der Waals surface area contributed by atoms with E-state index in [0.29, 0.717) is 18.9 Å². The Morgan fingerprint density at radius 1 is 1.17 bits per heavy atom. The van der Waals surface area contributed by atoms with Crippen LogP contribution in [0.3, 0.4) is 0 Å². The number of carbonyl (C=O) groups is 1. The van der Waals surface area contributed by atoms with Crippen molar-refractivity contribution in [3.05, 3.63) is 54.0 Å². The first-order valence-electron chi connectivity index (χ1n) is 9.95. The average molecular weight is 393 g/mol. The summed E-state index contributed by atoms with van der Waals surface area (Å²) in [6, 6.07) is 10.1. The SMILES string of the molecule is CN(C)CCC1(C(=O)NCc2cccc(CNc3ccnc4ncnn34)c2)CC1. The van der Waals surface area contributed by atoms with Crippen molar-refractivity contribution >= 4 is 17.5 Å². The van der Waals surface area contributed by atoms with E-state index < -0.39 is 0 Å². The van der Waals surface area contributed by atoms with Gasteiger partial charge in [0.05, 0.1) is 5.41 Å². The molecule has 2 aromatic heterocycles. The van der Waals surface area contributed by atoms with Crippen LogP contribution in [-0.2, 0) is 17.9 Å². The smallest absolute Gasteiger partial charge is 0.254 e. The van der Waals surface area contributed by atoms with Gasteiger partial charge in [-0.15, -0.1) is 0 Å². The molecule has 1 saturated carbocycles. The number of hydrogen-bond donors (Lipinski definition) is 2. The molecule has 1 amide bonds. The lowest BCUT2D eigenvalue weighted by atomic mass is 10.0. The molecule has 0 aliphatic heterocycles. The number of carbonyl (C=O) groups excluding carboxylic acids is 1. The molecule has 0 radical (unpaired) electrons. The number of nitrogens with one attached hydrogen (secondary N) is 2. The van der Waals surface area contributed by atoms with E-state index in [1.165, 1.54) is 6.33 Å². The first-order chi connectivity index (χ1) is 14.1. The third-order valence-corrected chi connectivity index (χ3v) is 5.47. The molecule has 2 N–H and O–H groups in total. The van der Waals surface area contributed by atoms with Crippen LogP contribution in [0.2, 0.25) is 0 Å². The van der Waals surface area contributed by atoms with Crippen molar-refractivity contribution in [3.8, 4) is 0 Å². The second-order valence-corrected chi connectivity index (χ2v) is 7.99. The molecule has 8 nitrogen and oxygen atoms in total. The standard InChI is InChI=1S/C21H27N7O/c1-27(2)11-9-21(7-8-21)19(29)24-14-17-5-3-4-16(12-17)13-23-18-6-10-22-20-25-15-26-28(18)20/h3-6,10,12,15,23H,7-9,11,13-14H2,1-2H3,(H,24,29). The van der Waals surface area contributed by atoms with Gasteiger partial charge in [-0.05, 0) is 57.1 Å². The van der Waals surface area contributed by atoms with E-state index in [1.807, 2.05) is 32.3 Å². The van der Waals surface area contributed by atoms with E-state index in [4.69, 9.17) is 0 Å². The zero-order valence-electron chi connectivity index (χ0n) is 16.9. The summed E-state index contributed by atoms with van der Waals surface area (Å²) in [5.41, 5.74) is 2.09. The lowest BCUT2D eigenvalue weighted by Gasteiger charge is -2.18. The van der Waals surface area contributed by atoms with Crippen molar-refractivity contribution in [1.29, 1.82) is 0 Å². The third-order valence-electron chi connectivity index (χ3n) is 5.47.